The Morgan fingerprint density at radius 2 is 2.00 bits per heavy atom. The van der Waals surface area contributed by atoms with Crippen LogP contribution in [0.2, 0.25) is 0 Å². The van der Waals surface area contributed by atoms with Gasteiger partial charge in [-0.15, -0.1) is 0 Å². The molecule has 1 aromatic heterocycles. The molecule has 0 radical (unpaired) electrons. The lowest BCUT2D eigenvalue weighted by molar-refractivity contribution is 0.281. The van der Waals surface area contributed by atoms with Crippen LogP contribution in [0.4, 0.5) is 5.82 Å². The van der Waals surface area contributed by atoms with Crippen molar-refractivity contribution in [3.8, 4) is 0 Å². The predicted octanol–water partition coefficient (Wildman–Crippen LogP) is 2.76. The molecule has 17 heavy (non-hydrogen) atoms. The van der Waals surface area contributed by atoms with Gasteiger partial charge in [0.25, 0.3) is 0 Å². The SMILES string of the molecule is CCCCN(CC)c1cc(CO)cc(CC)n1. The van der Waals surface area contributed by atoms with Crippen LogP contribution >= 0.6 is 0 Å². The Kier molecular flexibility index (Phi) is 5.98. The van der Waals surface area contributed by atoms with Crippen molar-refractivity contribution in [1.29, 1.82) is 0 Å². The molecule has 0 saturated heterocycles. The first kappa shape index (κ1) is 14.0. The molecular formula is C14H24N2O. The van der Waals surface area contributed by atoms with E-state index in [0.717, 1.165) is 36.6 Å². The molecule has 0 atom stereocenters. The summed E-state index contributed by atoms with van der Waals surface area (Å²) in [5.74, 6) is 1.00. The molecular weight excluding hydrogens is 212 g/mol. The van der Waals surface area contributed by atoms with Gasteiger partial charge in [0.05, 0.1) is 6.61 Å². The maximum atomic E-state index is 9.27. The Morgan fingerprint density at radius 1 is 1.24 bits per heavy atom. The minimum absolute atomic E-state index is 0.0911. The number of anilines is 1. The van der Waals surface area contributed by atoms with Crippen molar-refractivity contribution in [1.82, 2.24) is 4.98 Å². The lowest BCUT2D eigenvalue weighted by Crippen LogP contribution is -2.25. The molecule has 0 saturated carbocycles. The van der Waals surface area contributed by atoms with Crippen molar-refractivity contribution in [2.75, 3.05) is 18.0 Å². The third-order valence-electron chi connectivity index (χ3n) is 2.96. The van der Waals surface area contributed by atoms with Gasteiger partial charge >= 0.3 is 0 Å². The van der Waals surface area contributed by atoms with E-state index in [1.165, 1.54) is 12.8 Å². The Bertz CT molecular complexity index is 317. The number of nitrogens with zero attached hydrogens (tertiary/aromatic N) is 2. The summed E-state index contributed by atoms with van der Waals surface area (Å²) >= 11 is 0. The highest BCUT2D eigenvalue weighted by molar-refractivity contribution is 5.42. The number of pyridine rings is 1. The van der Waals surface area contributed by atoms with Crippen LogP contribution < -0.4 is 4.90 Å². The first-order chi connectivity index (χ1) is 8.24. The first-order valence-electron chi connectivity index (χ1n) is 6.60. The lowest BCUT2D eigenvalue weighted by Gasteiger charge is -2.22. The van der Waals surface area contributed by atoms with Crippen molar-refractivity contribution in [2.24, 2.45) is 0 Å². The quantitative estimate of drug-likeness (QED) is 0.791. The summed E-state index contributed by atoms with van der Waals surface area (Å²) in [5, 5.41) is 9.27. The minimum Gasteiger partial charge on any atom is -0.392 e. The Balaban J connectivity index is 2.92. The molecule has 0 aliphatic carbocycles. The van der Waals surface area contributed by atoms with Crippen LogP contribution in [0.3, 0.4) is 0 Å². The zero-order valence-electron chi connectivity index (χ0n) is 11.2. The van der Waals surface area contributed by atoms with Crippen molar-refractivity contribution >= 4 is 5.82 Å². The van der Waals surface area contributed by atoms with Gasteiger partial charge in [-0.05, 0) is 37.5 Å². The van der Waals surface area contributed by atoms with Gasteiger partial charge in [0.15, 0.2) is 0 Å². The average molecular weight is 236 g/mol. The van der Waals surface area contributed by atoms with E-state index in [-0.39, 0.29) is 6.61 Å². The van der Waals surface area contributed by atoms with Crippen molar-refractivity contribution in [3.63, 3.8) is 0 Å². The number of rotatable bonds is 7. The van der Waals surface area contributed by atoms with E-state index in [2.05, 4.69) is 30.7 Å². The molecule has 0 bridgehead atoms. The number of aliphatic hydroxyl groups is 1. The van der Waals surface area contributed by atoms with E-state index in [1.807, 2.05) is 12.1 Å². The fraction of sp³-hybridized carbons (Fsp3) is 0.643. The van der Waals surface area contributed by atoms with Gasteiger partial charge < -0.3 is 10.0 Å². The molecule has 1 N–H and O–H groups in total. The number of unbranched alkanes of at least 4 members (excludes halogenated alkanes) is 1. The van der Waals surface area contributed by atoms with Gasteiger partial charge in [0.2, 0.25) is 0 Å². The third kappa shape index (κ3) is 4.00. The van der Waals surface area contributed by atoms with E-state index < -0.39 is 0 Å². The zero-order chi connectivity index (χ0) is 12.7. The molecule has 0 unspecified atom stereocenters. The maximum Gasteiger partial charge on any atom is 0.129 e. The highest BCUT2D eigenvalue weighted by Gasteiger charge is 2.08. The summed E-state index contributed by atoms with van der Waals surface area (Å²) < 4.78 is 0. The molecule has 96 valence electrons. The van der Waals surface area contributed by atoms with Crippen LogP contribution in [0, 0.1) is 0 Å². The summed E-state index contributed by atoms with van der Waals surface area (Å²) in [5.41, 5.74) is 2.02. The third-order valence-corrected chi connectivity index (χ3v) is 2.96. The van der Waals surface area contributed by atoms with Crippen LogP contribution in [0.1, 0.15) is 44.9 Å². The molecule has 0 spiro atoms. The number of aliphatic hydroxyl groups excluding tert-OH is 1. The summed E-state index contributed by atoms with van der Waals surface area (Å²) in [6.07, 6.45) is 3.28. The van der Waals surface area contributed by atoms with Gasteiger partial charge in [-0.2, -0.15) is 0 Å². The lowest BCUT2D eigenvalue weighted by atomic mass is 10.2. The van der Waals surface area contributed by atoms with E-state index in [1.54, 1.807) is 0 Å². The summed E-state index contributed by atoms with van der Waals surface area (Å²) in [7, 11) is 0. The van der Waals surface area contributed by atoms with Gasteiger partial charge in [0.1, 0.15) is 5.82 Å². The monoisotopic (exact) mass is 236 g/mol. The highest BCUT2D eigenvalue weighted by atomic mass is 16.3. The second-order valence-corrected chi connectivity index (χ2v) is 4.27. The second kappa shape index (κ2) is 7.28. The van der Waals surface area contributed by atoms with E-state index in [9.17, 15) is 5.11 Å². The normalized spacial score (nSPS) is 10.6. The number of aromatic nitrogens is 1. The fourth-order valence-corrected chi connectivity index (χ4v) is 1.85. The van der Waals surface area contributed by atoms with E-state index >= 15 is 0 Å². The van der Waals surface area contributed by atoms with Crippen LogP contribution in [0.15, 0.2) is 12.1 Å². The summed E-state index contributed by atoms with van der Waals surface area (Å²) in [6.45, 7) is 8.53. The van der Waals surface area contributed by atoms with Gasteiger partial charge in [-0.1, -0.05) is 20.3 Å². The van der Waals surface area contributed by atoms with Crippen molar-refractivity contribution < 1.29 is 5.11 Å². The summed E-state index contributed by atoms with van der Waals surface area (Å²) in [4.78, 5) is 6.92. The predicted molar refractivity (Wildman–Crippen MR) is 72.3 cm³/mol. The molecule has 0 amide bonds. The Labute approximate surface area is 104 Å². The summed E-state index contributed by atoms with van der Waals surface area (Å²) in [6, 6.07) is 3.98. The molecule has 3 nitrogen and oxygen atoms in total. The van der Waals surface area contributed by atoms with Gasteiger partial charge in [0, 0.05) is 18.8 Å². The Hall–Kier alpha value is -1.09. The molecule has 3 heteroatoms. The highest BCUT2D eigenvalue weighted by Crippen LogP contribution is 2.16. The maximum absolute atomic E-state index is 9.27. The van der Waals surface area contributed by atoms with E-state index in [4.69, 9.17) is 0 Å². The van der Waals surface area contributed by atoms with Gasteiger partial charge in [-0.3, -0.25) is 0 Å². The average Bonchev–Trinajstić information content (AvgIpc) is 2.39. The largest absolute Gasteiger partial charge is 0.392 e. The zero-order valence-corrected chi connectivity index (χ0v) is 11.2. The second-order valence-electron chi connectivity index (χ2n) is 4.27. The number of hydrogen-bond donors (Lipinski definition) is 1. The molecule has 0 aliphatic heterocycles. The van der Waals surface area contributed by atoms with Crippen LogP contribution in [0.25, 0.3) is 0 Å². The standard InChI is InChI=1S/C14H24N2O/c1-4-7-8-16(6-3)14-10-12(11-17)9-13(5-2)15-14/h9-10,17H,4-8,11H2,1-3H3. The number of aryl methyl sites for hydroxylation is 1. The minimum atomic E-state index is 0.0911. The molecule has 1 heterocycles. The van der Waals surface area contributed by atoms with Crippen LogP contribution in [-0.4, -0.2) is 23.2 Å². The van der Waals surface area contributed by atoms with Crippen LogP contribution in [-0.2, 0) is 13.0 Å². The molecule has 1 aromatic rings. The molecule has 0 fully saturated rings. The van der Waals surface area contributed by atoms with E-state index in [0.29, 0.717) is 0 Å². The van der Waals surface area contributed by atoms with Crippen molar-refractivity contribution in [3.05, 3.63) is 23.4 Å². The molecule has 0 aromatic carbocycles. The Morgan fingerprint density at radius 3 is 2.53 bits per heavy atom. The van der Waals surface area contributed by atoms with Crippen LogP contribution in [0.5, 0.6) is 0 Å². The first-order valence-corrected chi connectivity index (χ1v) is 6.60. The van der Waals surface area contributed by atoms with Gasteiger partial charge in [-0.25, -0.2) is 4.98 Å². The van der Waals surface area contributed by atoms with Crippen molar-refractivity contribution in [2.45, 2.75) is 46.6 Å². The molecule has 1 rings (SSSR count). The smallest absolute Gasteiger partial charge is 0.129 e. The topological polar surface area (TPSA) is 36.4 Å². The number of hydrogen-bond acceptors (Lipinski definition) is 3. The fourth-order valence-electron chi connectivity index (χ4n) is 1.85. The molecule has 0 aliphatic rings.